The summed E-state index contributed by atoms with van der Waals surface area (Å²) in [5.74, 6) is 4.19. The Hall–Kier alpha value is -0.900. The maximum absolute atomic E-state index is 12.0. The fourth-order valence-corrected chi connectivity index (χ4v) is 14.8. The van der Waals surface area contributed by atoms with Crippen molar-refractivity contribution in [3.05, 3.63) is 11.6 Å². The van der Waals surface area contributed by atoms with Crippen molar-refractivity contribution in [1.29, 1.82) is 0 Å². The van der Waals surface area contributed by atoms with E-state index in [4.69, 9.17) is 28.4 Å². The predicted molar refractivity (Wildman–Crippen MR) is 215 cm³/mol. The first-order chi connectivity index (χ1) is 29.0. The summed E-state index contributed by atoms with van der Waals surface area (Å²) in [6.45, 7) is 11.4. The van der Waals surface area contributed by atoms with Crippen LogP contribution in [0.5, 0.6) is 0 Å². The van der Waals surface area contributed by atoms with Gasteiger partial charge in [0, 0.05) is 18.6 Å². The van der Waals surface area contributed by atoms with Gasteiger partial charge in [-0.15, -0.1) is 0 Å². The highest BCUT2D eigenvalue weighted by atomic mass is 16.8. The summed E-state index contributed by atoms with van der Waals surface area (Å²) >= 11 is 0. The van der Waals surface area contributed by atoms with Gasteiger partial charge in [-0.3, -0.25) is 4.90 Å². The highest BCUT2D eigenvalue weighted by Crippen LogP contribution is 2.70. The van der Waals surface area contributed by atoms with Gasteiger partial charge in [-0.05, 0) is 111 Å². The molecule has 0 aromatic heterocycles. The van der Waals surface area contributed by atoms with Crippen LogP contribution in [0.2, 0.25) is 0 Å². The Bertz CT molecular complexity index is 1590. The number of hydrogen-bond donors (Lipinski definition) is 9. The molecule has 0 aromatic rings. The largest absolute Gasteiger partial charge is 0.394 e. The molecular formula is C45H73NO15. The van der Waals surface area contributed by atoms with Crippen LogP contribution in [0.1, 0.15) is 92.4 Å². The van der Waals surface area contributed by atoms with E-state index in [0.29, 0.717) is 42.1 Å². The number of aliphatic hydroxyl groups is 9. The molecule has 4 aliphatic carbocycles. The number of allylic oxidation sites excluding steroid dienone is 1. The Balaban J connectivity index is 0.929. The molecule has 0 bridgehead atoms. The molecule has 5 aliphatic heterocycles. The molecule has 9 rings (SSSR count). The van der Waals surface area contributed by atoms with Crippen molar-refractivity contribution in [2.75, 3.05) is 19.8 Å². The van der Waals surface area contributed by atoms with Crippen LogP contribution >= 0.6 is 0 Å². The molecule has 0 spiro atoms. The van der Waals surface area contributed by atoms with Crippen LogP contribution in [-0.2, 0) is 28.4 Å². The molecular weight excluding hydrogens is 794 g/mol. The van der Waals surface area contributed by atoms with Gasteiger partial charge in [-0.2, -0.15) is 0 Å². The van der Waals surface area contributed by atoms with Gasteiger partial charge in [-0.25, -0.2) is 0 Å². The average molecular weight is 868 g/mol. The second kappa shape index (κ2) is 17.1. The molecule has 5 saturated heterocycles. The molecule has 348 valence electrons. The van der Waals surface area contributed by atoms with E-state index in [1.165, 1.54) is 51.1 Å². The normalized spacial score (nSPS) is 57.3. The zero-order valence-electron chi connectivity index (χ0n) is 36.3. The first-order valence-electron chi connectivity index (χ1n) is 23.4. The number of rotatable bonds is 8. The third-order valence-corrected chi connectivity index (χ3v) is 18.0. The lowest BCUT2D eigenvalue weighted by Gasteiger charge is -2.58. The van der Waals surface area contributed by atoms with E-state index < -0.39 is 105 Å². The minimum Gasteiger partial charge on any atom is -0.394 e. The number of fused-ring (bicyclic) bond motifs is 9. The number of nitrogens with zero attached hydrogens (tertiary/aromatic N) is 1. The van der Waals surface area contributed by atoms with Gasteiger partial charge >= 0.3 is 0 Å². The molecule has 26 atom stereocenters. The van der Waals surface area contributed by atoms with E-state index in [-0.39, 0.29) is 11.5 Å². The fourth-order valence-electron chi connectivity index (χ4n) is 14.8. The van der Waals surface area contributed by atoms with Gasteiger partial charge in [0.25, 0.3) is 0 Å². The molecule has 16 nitrogen and oxygen atoms in total. The van der Waals surface area contributed by atoms with Gasteiger partial charge in [0.15, 0.2) is 18.9 Å². The van der Waals surface area contributed by atoms with Crippen molar-refractivity contribution in [2.45, 2.75) is 203 Å². The summed E-state index contributed by atoms with van der Waals surface area (Å²) in [5.41, 5.74) is 1.75. The quantitative estimate of drug-likeness (QED) is 0.148. The molecule has 8 fully saturated rings. The Morgan fingerprint density at radius 3 is 2.07 bits per heavy atom. The first-order valence-corrected chi connectivity index (χ1v) is 23.4. The summed E-state index contributed by atoms with van der Waals surface area (Å²) in [4.78, 5) is 2.94. The lowest BCUT2D eigenvalue weighted by Crippen LogP contribution is -2.67. The molecule has 3 saturated carbocycles. The van der Waals surface area contributed by atoms with Crippen LogP contribution < -0.4 is 0 Å². The van der Waals surface area contributed by atoms with Crippen LogP contribution in [0.15, 0.2) is 11.6 Å². The summed E-state index contributed by atoms with van der Waals surface area (Å²) in [6, 6.07) is 1.44. The highest BCUT2D eigenvalue weighted by molar-refractivity contribution is 5.27. The van der Waals surface area contributed by atoms with Crippen LogP contribution in [-0.4, -0.2) is 181 Å². The zero-order valence-corrected chi connectivity index (χ0v) is 36.3. The van der Waals surface area contributed by atoms with Crippen molar-refractivity contribution >= 4 is 0 Å². The molecule has 0 radical (unpaired) electrons. The third kappa shape index (κ3) is 7.42. The van der Waals surface area contributed by atoms with E-state index in [9.17, 15) is 46.0 Å². The monoisotopic (exact) mass is 867 g/mol. The predicted octanol–water partition coefficient (Wildman–Crippen LogP) is 0.155. The summed E-state index contributed by atoms with van der Waals surface area (Å²) in [7, 11) is 0. The van der Waals surface area contributed by atoms with Crippen LogP contribution in [0.25, 0.3) is 0 Å². The SMILES string of the molecule is C[C@@H]1CC[C@@H]2[C@@H](C)[C@H]3[C@H](C[C@H]4[C@H]5CC=C6C[C@H](O[C@H]7O[C@@H](CO)[C@H](O[C@H]8O[C@@H](CO)[C@H](O)[C@@H](O)[C@@H]8O)[C@@H](O)[C@@H]7O[C@H]7O[C@@H](C)[C@H](O)[C@@H](O)[C@@H]7O)CC[C@@]6(C)[C@@H]5CC[C@@]34C)N2C1. The van der Waals surface area contributed by atoms with Crippen molar-refractivity contribution in [1.82, 2.24) is 4.90 Å². The van der Waals surface area contributed by atoms with E-state index >= 15 is 0 Å². The number of piperidine rings is 1. The molecule has 0 aromatic carbocycles. The van der Waals surface area contributed by atoms with Crippen molar-refractivity contribution in [3.63, 3.8) is 0 Å². The zero-order chi connectivity index (χ0) is 43.4. The Morgan fingerprint density at radius 2 is 1.34 bits per heavy atom. The maximum Gasteiger partial charge on any atom is 0.187 e. The minimum absolute atomic E-state index is 0.0174. The smallest absolute Gasteiger partial charge is 0.187 e. The second-order valence-electron chi connectivity index (χ2n) is 21.2. The van der Waals surface area contributed by atoms with Gasteiger partial charge in [0.05, 0.1) is 25.4 Å². The van der Waals surface area contributed by atoms with Crippen LogP contribution in [0, 0.1) is 46.3 Å². The average Bonchev–Trinajstić information content (AvgIpc) is 3.71. The second-order valence-corrected chi connectivity index (χ2v) is 21.2. The molecule has 9 aliphatic rings. The topological polar surface area (TPSA) is 241 Å². The summed E-state index contributed by atoms with van der Waals surface area (Å²) in [5, 5.41) is 95.8. The Morgan fingerprint density at radius 1 is 0.672 bits per heavy atom. The minimum atomic E-state index is -1.81. The van der Waals surface area contributed by atoms with Crippen LogP contribution in [0.4, 0.5) is 0 Å². The molecule has 9 N–H and O–H groups in total. The van der Waals surface area contributed by atoms with E-state index in [0.717, 1.165) is 36.6 Å². The van der Waals surface area contributed by atoms with Crippen LogP contribution in [0.3, 0.4) is 0 Å². The standard InChI is InChI=1S/C45H73NO15/c1-19-6-9-27-20(2)31-28(46(27)16-19)15-26-24-8-7-22-14-23(10-12-44(22,4)25(24)11-13-45(26,31)5)57-43-40(61-41-36(53)34(51)32(49)21(3)56-41)38(55)39(30(18-48)59-43)60-42-37(54)35(52)33(50)29(17-47)58-42/h7,19-21,23-43,47-55H,6,8-18H2,1-5H3/t19-,20-,21+,23-,24+,25-,26+,27-,28+,29+,30+,31+,32+,33+,34-,35-,36+,37+,38-,39+,40+,41-,42-,43+,44-,45-/m1/s1. The van der Waals surface area contributed by atoms with Crippen molar-refractivity contribution in [2.24, 2.45) is 46.3 Å². The van der Waals surface area contributed by atoms with E-state index in [1.54, 1.807) is 0 Å². The number of hydrogen-bond acceptors (Lipinski definition) is 16. The first kappa shape index (κ1) is 45.3. The van der Waals surface area contributed by atoms with Gasteiger partial charge in [0.1, 0.15) is 67.1 Å². The van der Waals surface area contributed by atoms with Gasteiger partial charge in [-0.1, -0.05) is 39.3 Å². The Kier molecular flexibility index (Phi) is 12.7. The maximum atomic E-state index is 12.0. The van der Waals surface area contributed by atoms with Crippen molar-refractivity contribution < 1.29 is 74.4 Å². The lowest BCUT2D eigenvalue weighted by molar-refractivity contribution is -0.389. The van der Waals surface area contributed by atoms with Gasteiger partial charge < -0.3 is 74.4 Å². The van der Waals surface area contributed by atoms with Gasteiger partial charge in [0.2, 0.25) is 0 Å². The van der Waals surface area contributed by atoms with E-state index in [1.807, 2.05) is 0 Å². The summed E-state index contributed by atoms with van der Waals surface area (Å²) in [6.07, 6.45) is -10.8. The number of aliphatic hydroxyl groups excluding tert-OH is 9. The van der Waals surface area contributed by atoms with Crippen molar-refractivity contribution in [3.8, 4) is 0 Å². The van der Waals surface area contributed by atoms with E-state index in [2.05, 4.69) is 38.7 Å². The molecule has 5 heterocycles. The highest BCUT2D eigenvalue weighted by Gasteiger charge is 2.66. The fraction of sp³-hybridized carbons (Fsp3) is 0.956. The molecule has 16 heteroatoms. The lowest BCUT2D eigenvalue weighted by atomic mass is 9.47. The summed E-state index contributed by atoms with van der Waals surface area (Å²) < 4.78 is 36.5. The molecule has 61 heavy (non-hydrogen) atoms. The third-order valence-electron chi connectivity index (χ3n) is 18.0. The molecule has 0 unspecified atom stereocenters. The number of ether oxygens (including phenoxy) is 6. The Labute approximate surface area is 359 Å². The molecule has 0 amide bonds.